The second-order valence-corrected chi connectivity index (χ2v) is 4.44. The maximum absolute atomic E-state index is 13.0. The van der Waals surface area contributed by atoms with Crippen LogP contribution in [0.4, 0.5) is 15.8 Å². The zero-order valence-electron chi connectivity index (χ0n) is 11.1. The molecule has 2 rings (SSSR count). The highest BCUT2D eigenvalue weighted by Gasteiger charge is 2.12. The number of rotatable bonds is 5. The lowest BCUT2D eigenvalue weighted by Crippen LogP contribution is -2.01. The molecule has 0 heterocycles. The summed E-state index contributed by atoms with van der Waals surface area (Å²) in [6.07, 6.45) is 0.612. The van der Waals surface area contributed by atoms with Crippen LogP contribution in [0.1, 0.15) is 18.1 Å². The van der Waals surface area contributed by atoms with Crippen molar-refractivity contribution in [1.29, 1.82) is 0 Å². The monoisotopic (exact) mass is 274 g/mol. The Hall–Kier alpha value is -2.43. The lowest BCUT2D eigenvalue weighted by atomic mass is 10.1. The number of halogens is 1. The van der Waals surface area contributed by atoms with E-state index in [1.165, 1.54) is 18.2 Å². The van der Waals surface area contributed by atoms with Gasteiger partial charge in [0.2, 0.25) is 0 Å². The van der Waals surface area contributed by atoms with Crippen LogP contribution in [0.15, 0.2) is 42.5 Å². The van der Waals surface area contributed by atoms with E-state index in [4.69, 9.17) is 0 Å². The summed E-state index contributed by atoms with van der Waals surface area (Å²) < 4.78 is 13.0. The number of nitrogens with one attached hydrogen (secondary N) is 1. The molecule has 0 atom stereocenters. The molecule has 20 heavy (non-hydrogen) atoms. The van der Waals surface area contributed by atoms with E-state index in [1.54, 1.807) is 24.3 Å². The van der Waals surface area contributed by atoms with Crippen molar-refractivity contribution in [2.24, 2.45) is 0 Å². The van der Waals surface area contributed by atoms with Gasteiger partial charge in [-0.25, -0.2) is 4.39 Å². The summed E-state index contributed by atoms with van der Waals surface area (Å²) in [5, 5.41) is 14.0. The van der Waals surface area contributed by atoms with Gasteiger partial charge in [0.25, 0.3) is 5.69 Å². The highest BCUT2D eigenvalue weighted by atomic mass is 19.1. The van der Waals surface area contributed by atoms with Crippen LogP contribution in [0.25, 0.3) is 0 Å². The summed E-state index contributed by atoms with van der Waals surface area (Å²) in [7, 11) is 0. The molecule has 0 saturated heterocycles. The molecule has 0 aromatic heterocycles. The lowest BCUT2D eigenvalue weighted by Gasteiger charge is -2.08. The van der Waals surface area contributed by atoms with Gasteiger partial charge >= 0.3 is 0 Å². The predicted molar refractivity (Wildman–Crippen MR) is 76.2 cm³/mol. The molecule has 4 nitrogen and oxygen atoms in total. The maximum Gasteiger partial charge on any atom is 0.274 e. The van der Waals surface area contributed by atoms with Crippen molar-refractivity contribution >= 4 is 11.4 Å². The van der Waals surface area contributed by atoms with Crippen molar-refractivity contribution in [1.82, 2.24) is 0 Å². The maximum atomic E-state index is 13.0. The Kier molecular flexibility index (Phi) is 4.30. The van der Waals surface area contributed by atoms with Gasteiger partial charge in [-0.15, -0.1) is 0 Å². The third-order valence-electron chi connectivity index (χ3n) is 3.05. The van der Waals surface area contributed by atoms with Gasteiger partial charge in [-0.05, 0) is 30.2 Å². The normalized spacial score (nSPS) is 10.3. The first-order valence-corrected chi connectivity index (χ1v) is 6.35. The summed E-state index contributed by atoms with van der Waals surface area (Å²) in [6.45, 7) is 2.29. The summed E-state index contributed by atoms with van der Waals surface area (Å²) in [4.78, 5) is 10.6. The fourth-order valence-corrected chi connectivity index (χ4v) is 1.99. The molecule has 0 unspecified atom stereocenters. The Morgan fingerprint density at radius 1 is 1.25 bits per heavy atom. The van der Waals surface area contributed by atoms with Crippen LogP contribution in [0.5, 0.6) is 0 Å². The lowest BCUT2D eigenvalue weighted by molar-refractivity contribution is -0.385. The molecule has 104 valence electrons. The summed E-state index contributed by atoms with van der Waals surface area (Å²) in [6, 6.07) is 11.3. The fourth-order valence-electron chi connectivity index (χ4n) is 1.99. The Balaban J connectivity index is 2.14. The van der Waals surface area contributed by atoms with Gasteiger partial charge in [-0.1, -0.05) is 25.1 Å². The van der Waals surface area contributed by atoms with Crippen LogP contribution in [0, 0.1) is 15.9 Å². The molecule has 2 aromatic rings. The molecule has 0 saturated carbocycles. The van der Waals surface area contributed by atoms with E-state index < -0.39 is 0 Å². The molecule has 0 aliphatic heterocycles. The minimum absolute atomic E-state index is 0.108. The van der Waals surface area contributed by atoms with E-state index in [9.17, 15) is 14.5 Å². The van der Waals surface area contributed by atoms with E-state index in [0.717, 1.165) is 5.56 Å². The Labute approximate surface area is 116 Å². The third-order valence-corrected chi connectivity index (χ3v) is 3.05. The van der Waals surface area contributed by atoms with E-state index in [-0.39, 0.29) is 16.4 Å². The van der Waals surface area contributed by atoms with Crippen molar-refractivity contribution in [2.45, 2.75) is 19.9 Å². The third kappa shape index (κ3) is 3.32. The second-order valence-electron chi connectivity index (χ2n) is 4.44. The van der Waals surface area contributed by atoms with Crippen molar-refractivity contribution in [3.05, 3.63) is 69.5 Å². The van der Waals surface area contributed by atoms with Gasteiger partial charge in [0.15, 0.2) is 0 Å². The molecule has 0 bridgehead atoms. The van der Waals surface area contributed by atoms with Crippen LogP contribution in [-0.2, 0) is 13.0 Å². The average Bonchev–Trinajstić information content (AvgIpc) is 2.45. The van der Waals surface area contributed by atoms with Gasteiger partial charge in [0, 0.05) is 23.9 Å². The topological polar surface area (TPSA) is 55.2 Å². The number of nitro groups is 1. The molecule has 0 amide bonds. The van der Waals surface area contributed by atoms with E-state index in [1.807, 2.05) is 6.92 Å². The molecule has 0 spiro atoms. The van der Waals surface area contributed by atoms with Crippen molar-refractivity contribution in [3.8, 4) is 0 Å². The largest absolute Gasteiger partial charge is 0.381 e. The van der Waals surface area contributed by atoms with E-state index in [0.29, 0.717) is 24.2 Å². The zero-order valence-corrected chi connectivity index (χ0v) is 11.1. The SMILES string of the molecule is CCc1ccc(NCc2cccc(F)c2)cc1[N+](=O)[O-]. The van der Waals surface area contributed by atoms with Crippen LogP contribution >= 0.6 is 0 Å². The molecule has 2 aromatic carbocycles. The summed E-state index contributed by atoms with van der Waals surface area (Å²) >= 11 is 0. The number of aryl methyl sites for hydroxylation is 1. The van der Waals surface area contributed by atoms with E-state index in [2.05, 4.69) is 5.32 Å². The highest BCUT2D eigenvalue weighted by molar-refractivity contribution is 5.55. The molecule has 0 fully saturated rings. The first kappa shape index (κ1) is 14.0. The van der Waals surface area contributed by atoms with Crippen LogP contribution < -0.4 is 5.32 Å². The minimum Gasteiger partial charge on any atom is -0.381 e. The van der Waals surface area contributed by atoms with Crippen molar-refractivity contribution in [2.75, 3.05) is 5.32 Å². The quantitative estimate of drug-likeness (QED) is 0.664. The Morgan fingerprint density at radius 3 is 2.70 bits per heavy atom. The smallest absolute Gasteiger partial charge is 0.274 e. The van der Waals surface area contributed by atoms with Crippen LogP contribution in [0.3, 0.4) is 0 Å². The van der Waals surface area contributed by atoms with Gasteiger partial charge in [-0.2, -0.15) is 0 Å². The molecule has 0 aliphatic rings. The average molecular weight is 274 g/mol. The summed E-state index contributed by atoms with van der Waals surface area (Å²) in [5.41, 5.74) is 2.24. The van der Waals surface area contributed by atoms with Crippen LogP contribution in [-0.4, -0.2) is 4.92 Å². The minimum atomic E-state index is -0.383. The second kappa shape index (κ2) is 6.14. The number of hydrogen-bond donors (Lipinski definition) is 1. The van der Waals surface area contributed by atoms with Gasteiger partial charge in [0.05, 0.1) is 4.92 Å². The number of hydrogen-bond acceptors (Lipinski definition) is 3. The molecule has 0 aliphatic carbocycles. The standard InChI is InChI=1S/C15H15FN2O2/c1-2-12-6-7-14(9-15(12)18(19)20)17-10-11-4-3-5-13(16)8-11/h3-9,17H,2,10H2,1H3. The number of anilines is 1. The van der Waals surface area contributed by atoms with Gasteiger partial charge in [0.1, 0.15) is 5.82 Å². The first-order valence-electron chi connectivity index (χ1n) is 6.35. The van der Waals surface area contributed by atoms with E-state index >= 15 is 0 Å². The molecule has 1 N–H and O–H groups in total. The number of nitro benzene ring substituents is 1. The predicted octanol–water partition coefficient (Wildman–Crippen LogP) is 3.91. The van der Waals surface area contributed by atoms with Crippen LogP contribution in [0.2, 0.25) is 0 Å². The Morgan fingerprint density at radius 2 is 2.05 bits per heavy atom. The molecular weight excluding hydrogens is 259 g/mol. The van der Waals surface area contributed by atoms with Crippen molar-refractivity contribution < 1.29 is 9.31 Å². The zero-order chi connectivity index (χ0) is 14.5. The molecule has 0 radical (unpaired) electrons. The highest BCUT2D eigenvalue weighted by Crippen LogP contribution is 2.24. The summed E-state index contributed by atoms with van der Waals surface area (Å²) in [5.74, 6) is -0.295. The molecular formula is C15H15FN2O2. The van der Waals surface area contributed by atoms with Gasteiger partial charge in [-0.3, -0.25) is 10.1 Å². The number of nitrogens with zero attached hydrogens (tertiary/aromatic N) is 1. The first-order chi connectivity index (χ1) is 9.60. The number of benzene rings is 2. The Bertz CT molecular complexity index is 629. The fraction of sp³-hybridized carbons (Fsp3) is 0.200. The van der Waals surface area contributed by atoms with Gasteiger partial charge < -0.3 is 5.32 Å². The van der Waals surface area contributed by atoms with Crippen molar-refractivity contribution in [3.63, 3.8) is 0 Å². The molecule has 5 heteroatoms.